The highest BCUT2D eigenvalue weighted by Crippen LogP contribution is 2.40. The summed E-state index contributed by atoms with van der Waals surface area (Å²) in [4.78, 5) is 31.3. The van der Waals surface area contributed by atoms with Gasteiger partial charge < -0.3 is 15.8 Å². The predicted octanol–water partition coefficient (Wildman–Crippen LogP) is 5.38. The molecule has 0 radical (unpaired) electrons. The number of hydrogen-bond acceptors (Lipinski definition) is 6. The zero-order valence-electron chi connectivity index (χ0n) is 21.5. The summed E-state index contributed by atoms with van der Waals surface area (Å²) in [5.41, 5.74) is 8.47. The first-order valence-corrected chi connectivity index (χ1v) is 12.8. The van der Waals surface area contributed by atoms with E-state index in [1.54, 1.807) is 23.9 Å². The molecule has 2 aliphatic rings. The second-order valence-electron chi connectivity index (χ2n) is 9.78. The van der Waals surface area contributed by atoms with Crippen molar-refractivity contribution in [1.29, 1.82) is 0 Å². The van der Waals surface area contributed by atoms with Crippen LogP contribution in [0, 0.1) is 5.82 Å². The van der Waals surface area contributed by atoms with Crippen molar-refractivity contribution in [2.24, 2.45) is 12.8 Å². The Morgan fingerprint density at radius 1 is 1.05 bits per heavy atom. The van der Waals surface area contributed by atoms with Crippen LogP contribution in [0.15, 0.2) is 53.5 Å². The number of nitrogens with zero attached hydrogens (tertiary/aromatic N) is 4. The smallest absolute Gasteiger partial charge is 0.404 e. The van der Waals surface area contributed by atoms with E-state index in [0.29, 0.717) is 23.2 Å². The van der Waals surface area contributed by atoms with Crippen molar-refractivity contribution in [1.82, 2.24) is 19.1 Å². The molecule has 9 nitrogen and oxygen atoms in total. The SMILES string of the molecule is COC(N)=O.Cn1c(=O)n(C2CCCC2)c2cc(Nc3ccc(F)c(-c4ccc(C5CC5)cc4)n3)ncc21. The third-order valence-electron chi connectivity index (χ3n) is 7.20. The Hall–Kier alpha value is -4.21. The number of amides is 1. The minimum Gasteiger partial charge on any atom is -0.453 e. The van der Waals surface area contributed by atoms with E-state index < -0.39 is 6.09 Å². The van der Waals surface area contributed by atoms with E-state index in [2.05, 4.69) is 37.9 Å². The number of aryl methyl sites for hydroxylation is 1. The standard InChI is InChI=1S/C26H26FN5O.C2H5NO2/c1-31-22-15-28-24(14-21(22)32(26(31)33)19-4-2-3-5-19)29-23-13-12-20(27)25(30-23)18-10-8-17(9-11-18)16-6-7-16;1-5-2(3)4/h8-16,19H,2-7H2,1H3,(H,28,29,30);1H3,(H2,3,4). The fraction of sp³-hybridized carbons (Fsp3) is 0.357. The monoisotopic (exact) mass is 518 g/mol. The highest BCUT2D eigenvalue weighted by Gasteiger charge is 2.24. The number of anilines is 2. The molecule has 0 atom stereocenters. The Labute approximate surface area is 219 Å². The largest absolute Gasteiger partial charge is 0.453 e. The summed E-state index contributed by atoms with van der Waals surface area (Å²) < 4.78 is 22.0. The van der Waals surface area contributed by atoms with Gasteiger partial charge in [-0.2, -0.15) is 0 Å². The number of nitrogens with one attached hydrogen (secondary N) is 1. The second-order valence-corrected chi connectivity index (χ2v) is 9.78. The van der Waals surface area contributed by atoms with Gasteiger partial charge in [0, 0.05) is 24.7 Å². The van der Waals surface area contributed by atoms with Gasteiger partial charge in [-0.1, -0.05) is 37.1 Å². The van der Waals surface area contributed by atoms with Gasteiger partial charge in [-0.15, -0.1) is 0 Å². The number of hydrogen-bond donors (Lipinski definition) is 2. The average Bonchev–Trinajstić information content (AvgIpc) is 3.58. The maximum Gasteiger partial charge on any atom is 0.404 e. The Morgan fingerprint density at radius 2 is 1.74 bits per heavy atom. The van der Waals surface area contributed by atoms with E-state index in [1.165, 1.54) is 31.6 Å². The molecule has 0 aliphatic heterocycles. The molecule has 0 saturated heterocycles. The van der Waals surface area contributed by atoms with Crippen molar-refractivity contribution in [3.8, 4) is 11.3 Å². The molecule has 6 rings (SSSR count). The van der Waals surface area contributed by atoms with Crippen LogP contribution in [0.2, 0.25) is 0 Å². The molecule has 198 valence electrons. The number of nitrogens with two attached hydrogens (primary N) is 1. The molecule has 38 heavy (non-hydrogen) atoms. The van der Waals surface area contributed by atoms with Crippen LogP contribution >= 0.6 is 0 Å². The normalized spacial score (nSPS) is 15.2. The van der Waals surface area contributed by atoms with Gasteiger partial charge in [0.1, 0.15) is 23.1 Å². The number of aromatic nitrogens is 4. The average molecular weight is 519 g/mol. The molecule has 3 aromatic heterocycles. The van der Waals surface area contributed by atoms with Crippen molar-refractivity contribution in [3.63, 3.8) is 0 Å². The van der Waals surface area contributed by atoms with Gasteiger partial charge in [-0.05, 0) is 49.3 Å². The van der Waals surface area contributed by atoms with Crippen molar-refractivity contribution in [2.45, 2.75) is 50.5 Å². The summed E-state index contributed by atoms with van der Waals surface area (Å²) in [5.74, 6) is 1.39. The van der Waals surface area contributed by atoms with Crippen molar-refractivity contribution in [2.75, 3.05) is 12.4 Å². The third kappa shape index (κ3) is 5.25. The minimum absolute atomic E-state index is 0.00677. The van der Waals surface area contributed by atoms with E-state index in [0.717, 1.165) is 42.3 Å². The Bertz CT molecular complexity index is 1520. The Balaban J connectivity index is 0.000000540. The van der Waals surface area contributed by atoms with Crippen LogP contribution in [0.4, 0.5) is 20.8 Å². The van der Waals surface area contributed by atoms with Gasteiger partial charge in [0.25, 0.3) is 0 Å². The summed E-state index contributed by atoms with van der Waals surface area (Å²) in [7, 11) is 3.01. The second kappa shape index (κ2) is 10.6. The highest BCUT2D eigenvalue weighted by atomic mass is 19.1. The first-order chi connectivity index (χ1) is 18.4. The zero-order chi connectivity index (χ0) is 26.8. The molecular weight excluding hydrogens is 487 g/mol. The number of imidazole rings is 1. The molecular formula is C28H31FN6O3. The topological polar surface area (TPSA) is 117 Å². The molecule has 0 spiro atoms. The number of methoxy groups -OCH3 is 1. The van der Waals surface area contributed by atoms with E-state index in [-0.39, 0.29) is 17.5 Å². The van der Waals surface area contributed by atoms with E-state index in [1.807, 2.05) is 22.8 Å². The van der Waals surface area contributed by atoms with Gasteiger partial charge in [-0.25, -0.2) is 23.9 Å². The number of rotatable bonds is 5. The number of fused-ring (bicyclic) bond motifs is 1. The van der Waals surface area contributed by atoms with Gasteiger partial charge in [0.05, 0.1) is 24.3 Å². The lowest BCUT2D eigenvalue weighted by atomic mass is 10.1. The number of carbonyl (C=O) groups excluding carboxylic acids is 1. The van der Waals surface area contributed by atoms with Gasteiger partial charge in [0.2, 0.25) is 0 Å². The van der Waals surface area contributed by atoms with Crippen LogP contribution in [0.25, 0.3) is 22.3 Å². The van der Waals surface area contributed by atoms with E-state index in [4.69, 9.17) is 0 Å². The molecule has 2 saturated carbocycles. The van der Waals surface area contributed by atoms with Crippen LogP contribution in [0.5, 0.6) is 0 Å². The fourth-order valence-corrected chi connectivity index (χ4v) is 5.02. The number of primary amides is 1. The lowest BCUT2D eigenvalue weighted by Gasteiger charge is -2.12. The summed E-state index contributed by atoms with van der Waals surface area (Å²) >= 11 is 0. The summed E-state index contributed by atoms with van der Waals surface area (Å²) in [6, 6.07) is 13.2. The molecule has 4 aromatic rings. The molecule has 2 fully saturated rings. The Kier molecular flexibility index (Phi) is 7.13. The number of halogens is 1. The van der Waals surface area contributed by atoms with Crippen LogP contribution in [-0.4, -0.2) is 32.3 Å². The maximum atomic E-state index is 14.6. The van der Waals surface area contributed by atoms with Gasteiger partial charge >= 0.3 is 11.8 Å². The van der Waals surface area contributed by atoms with Gasteiger partial charge in [0.15, 0.2) is 0 Å². The zero-order valence-corrected chi connectivity index (χ0v) is 21.5. The highest BCUT2D eigenvalue weighted by molar-refractivity contribution is 5.79. The van der Waals surface area contributed by atoms with Crippen molar-refractivity contribution < 1.29 is 13.9 Å². The minimum atomic E-state index is -0.745. The molecule has 3 heterocycles. The first-order valence-electron chi connectivity index (χ1n) is 12.8. The number of carbonyl (C=O) groups is 1. The summed E-state index contributed by atoms with van der Waals surface area (Å²) in [6.07, 6.45) is 7.77. The van der Waals surface area contributed by atoms with Crippen LogP contribution in [-0.2, 0) is 11.8 Å². The quantitative estimate of drug-likeness (QED) is 0.366. The van der Waals surface area contributed by atoms with Crippen LogP contribution in [0.1, 0.15) is 56.0 Å². The molecule has 1 aromatic carbocycles. The molecule has 3 N–H and O–H groups in total. The predicted molar refractivity (Wildman–Crippen MR) is 144 cm³/mol. The molecule has 0 bridgehead atoms. The fourth-order valence-electron chi connectivity index (χ4n) is 5.02. The van der Waals surface area contributed by atoms with Crippen molar-refractivity contribution >= 4 is 28.8 Å². The molecule has 1 amide bonds. The van der Waals surface area contributed by atoms with Gasteiger partial charge in [-0.3, -0.25) is 9.13 Å². The molecule has 2 aliphatic carbocycles. The van der Waals surface area contributed by atoms with E-state index >= 15 is 0 Å². The molecule has 0 unspecified atom stereocenters. The lowest BCUT2D eigenvalue weighted by Crippen LogP contribution is -2.24. The lowest BCUT2D eigenvalue weighted by molar-refractivity contribution is 0.182. The summed E-state index contributed by atoms with van der Waals surface area (Å²) in [6.45, 7) is 0. The molecule has 10 heteroatoms. The van der Waals surface area contributed by atoms with Crippen molar-refractivity contribution in [3.05, 3.63) is 70.5 Å². The number of benzene rings is 1. The van der Waals surface area contributed by atoms with Crippen LogP contribution in [0.3, 0.4) is 0 Å². The summed E-state index contributed by atoms with van der Waals surface area (Å²) in [5, 5.41) is 3.21. The van der Waals surface area contributed by atoms with Crippen LogP contribution < -0.4 is 16.7 Å². The first kappa shape index (κ1) is 25.4. The van der Waals surface area contributed by atoms with E-state index in [9.17, 15) is 14.0 Å². The number of ether oxygens (including phenoxy) is 1. The third-order valence-corrected chi connectivity index (χ3v) is 7.20. The Morgan fingerprint density at radius 3 is 2.37 bits per heavy atom. The number of pyridine rings is 2. The maximum absolute atomic E-state index is 14.6.